The number of ether oxygens (including phenoxy) is 2. The summed E-state index contributed by atoms with van der Waals surface area (Å²) >= 11 is 0. The first-order valence-corrected chi connectivity index (χ1v) is 16.8. The fraction of sp³-hybridized carbons (Fsp3) is 0.410. The number of nitrogens with zero attached hydrogens (tertiary/aromatic N) is 3. The molecule has 9 nitrogen and oxygen atoms in total. The number of aromatic nitrogens is 2. The highest BCUT2D eigenvalue weighted by Crippen LogP contribution is 2.53. The van der Waals surface area contributed by atoms with Gasteiger partial charge in [-0.3, -0.25) is 9.58 Å². The van der Waals surface area contributed by atoms with E-state index in [9.17, 15) is 14.0 Å². The second kappa shape index (κ2) is 12.9. The van der Waals surface area contributed by atoms with Gasteiger partial charge in [-0.2, -0.15) is 5.10 Å². The molecule has 6 rings (SSSR count). The molecule has 2 N–H and O–H groups in total. The molecule has 10 heteroatoms. The molecule has 0 spiro atoms. The van der Waals surface area contributed by atoms with Crippen molar-refractivity contribution in [2.45, 2.75) is 89.5 Å². The molecule has 3 aromatic carbocycles. The molecule has 2 fully saturated rings. The third-order valence-electron chi connectivity index (χ3n) is 9.19. The topological polar surface area (TPSA) is 97.7 Å². The van der Waals surface area contributed by atoms with Crippen molar-refractivity contribution in [1.82, 2.24) is 20.0 Å². The summed E-state index contributed by atoms with van der Waals surface area (Å²) in [7, 11) is 1.84. The molecule has 4 aromatic rings. The molecule has 0 unspecified atom stereocenters. The van der Waals surface area contributed by atoms with E-state index < -0.39 is 29.4 Å². The lowest BCUT2D eigenvalue weighted by Crippen LogP contribution is -2.48. The SMILES string of the molecule is Cn1nc(Nc2ccc(C[C@H](NC(=O)OC(C)(C)C)[C@H]3CN(C4(c5cccc(C(C)(C)C)c5)CC4)C(=O)O3)cc2)cc1-c1ccc(F)cc1. The minimum Gasteiger partial charge on any atom is -0.444 e. The molecule has 1 saturated heterocycles. The van der Waals surface area contributed by atoms with Crippen molar-refractivity contribution in [3.8, 4) is 11.3 Å². The number of hydrogen-bond acceptors (Lipinski definition) is 6. The molecule has 258 valence electrons. The Hall–Kier alpha value is -4.86. The van der Waals surface area contributed by atoms with Gasteiger partial charge in [-0.15, -0.1) is 0 Å². The normalized spacial score (nSPS) is 17.8. The van der Waals surface area contributed by atoms with E-state index in [-0.39, 0.29) is 17.3 Å². The number of anilines is 2. The fourth-order valence-corrected chi connectivity index (χ4v) is 6.43. The Morgan fingerprint density at radius 3 is 2.35 bits per heavy atom. The fourth-order valence-electron chi connectivity index (χ4n) is 6.43. The van der Waals surface area contributed by atoms with Crippen molar-refractivity contribution in [3.63, 3.8) is 0 Å². The molecule has 0 radical (unpaired) electrons. The number of halogens is 1. The summed E-state index contributed by atoms with van der Waals surface area (Å²) in [5.74, 6) is 0.365. The zero-order chi connectivity index (χ0) is 35.1. The van der Waals surface area contributed by atoms with Crippen molar-refractivity contribution >= 4 is 23.7 Å². The number of nitrogens with one attached hydrogen (secondary N) is 2. The first kappa shape index (κ1) is 34.0. The third-order valence-corrected chi connectivity index (χ3v) is 9.19. The van der Waals surface area contributed by atoms with Crippen molar-refractivity contribution in [1.29, 1.82) is 0 Å². The molecule has 2 atom stereocenters. The van der Waals surface area contributed by atoms with Crippen LogP contribution in [0.25, 0.3) is 11.3 Å². The number of amides is 2. The number of carbonyl (C=O) groups is 2. The van der Waals surface area contributed by atoms with Gasteiger partial charge in [0.15, 0.2) is 5.82 Å². The highest BCUT2D eigenvalue weighted by molar-refractivity contribution is 5.73. The summed E-state index contributed by atoms with van der Waals surface area (Å²) in [5, 5.41) is 10.9. The molecule has 2 heterocycles. The minimum atomic E-state index is -0.682. The van der Waals surface area contributed by atoms with Crippen LogP contribution < -0.4 is 10.6 Å². The molecule has 0 bridgehead atoms. The van der Waals surface area contributed by atoms with Crippen molar-refractivity contribution in [2.24, 2.45) is 7.05 Å². The molecule has 1 saturated carbocycles. The first-order valence-electron chi connectivity index (χ1n) is 16.8. The predicted octanol–water partition coefficient (Wildman–Crippen LogP) is 8.21. The van der Waals surface area contributed by atoms with Crippen molar-refractivity contribution < 1.29 is 23.5 Å². The molecular formula is C39H46FN5O4. The van der Waals surface area contributed by atoms with Crippen LogP contribution in [0, 0.1) is 5.82 Å². The quantitative estimate of drug-likeness (QED) is 0.187. The monoisotopic (exact) mass is 667 g/mol. The van der Waals surface area contributed by atoms with Gasteiger partial charge in [-0.1, -0.05) is 57.2 Å². The van der Waals surface area contributed by atoms with Gasteiger partial charge in [0.05, 0.1) is 23.8 Å². The maximum atomic E-state index is 13.5. The average Bonchev–Trinajstić information content (AvgIpc) is 3.61. The Bertz CT molecular complexity index is 1820. The smallest absolute Gasteiger partial charge is 0.411 e. The van der Waals surface area contributed by atoms with Crippen LogP contribution in [0.1, 0.15) is 71.1 Å². The van der Waals surface area contributed by atoms with Crippen molar-refractivity contribution in [2.75, 3.05) is 11.9 Å². The second-order valence-corrected chi connectivity index (χ2v) is 15.2. The van der Waals surface area contributed by atoms with E-state index in [4.69, 9.17) is 9.47 Å². The molecule has 2 amide bonds. The zero-order valence-corrected chi connectivity index (χ0v) is 29.3. The van der Waals surface area contributed by atoms with Crippen LogP contribution in [0.4, 0.5) is 25.5 Å². The molecule has 2 aliphatic rings. The van der Waals surface area contributed by atoms with Gasteiger partial charge in [-0.25, -0.2) is 14.0 Å². The number of cyclic esters (lactones) is 1. The lowest BCUT2D eigenvalue weighted by molar-refractivity contribution is 0.0436. The molecule has 1 aromatic heterocycles. The summed E-state index contributed by atoms with van der Waals surface area (Å²) < 4.78 is 26.8. The highest BCUT2D eigenvalue weighted by Gasteiger charge is 2.56. The minimum absolute atomic E-state index is 0.0157. The summed E-state index contributed by atoms with van der Waals surface area (Å²) in [4.78, 5) is 28.3. The van der Waals surface area contributed by atoms with E-state index in [1.165, 1.54) is 17.7 Å². The number of alkyl carbamates (subject to hydrolysis) is 1. The van der Waals surface area contributed by atoms with Crippen LogP contribution in [-0.2, 0) is 33.9 Å². The Labute approximate surface area is 287 Å². The van der Waals surface area contributed by atoms with Gasteiger partial charge < -0.3 is 20.1 Å². The summed E-state index contributed by atoms with van der Waals surface area (Å²) in [6, 6.07) is 24.1. The summed E-state index contributed by atoms with van der Waals surface area (Å²) in [5.41, 5.74) is 4.74. The maximum absolute atomic E-state index is 13.5. The van der Waals surface area contributed by atoms with Gasteiger partial charge in [0, 0.05) is 24.4 Å². The summed E-state index contributed by atoms with van der Waals surface area (Å²) in [6.07, 6.45) is 0.659. The van der Waals surface area contributed by atoms with E-state index in [1.807, 2.05) is 63.1 Å². The Morgan fingerprint density at radius 2 is 1.71 bits per heavy atom. The number of rotatable bonds is 9. The highest BCUT2D eigenvalue weighted by atomic mass is 19.1. The van der Waals surface area contributed by atoms with E-state index >= 15 is 0 Å². The van der Waals surface area contributed by atoms with Gasteiger partial charge in [0.1, 0.15) is 17.5 Å². The molecule has 1 aliphatic heterocycles. The van der Waals surface area contributed by atoms with E-state index in [0.29, 0.717) is 18.8 Å². The van der Waals surface area contributed by atoms with Crippen LogP contribution in [0.15, 0.2) is 78.9 Å². The summed E-state index contributed by atoms with van der Waals surface area (Å²) in [6.45, 7) is 12.4. The molecular weight excluding hydrogens is 621 g/mol. The van der Waals surface area contributed by atoms with E-state index in [0.717, 1.165) is 40.9 Å². The maximum Gasteiger partial charge on any atom is 0.411 e. The number of hydrogen-bond donors (Lipinski definition) is 2. The molecule has 49 heavy (non-hydrogen) atoms. The number of benzene rings is 3. The Kier molecular flexibility index (Phi) is 8.94. The number of carbonyl (C=O) groups excluding carboxylic acids is 2. The van der Waals surface area contributed by atoms with Gasteiger partial charge in [0.25, 0.3) is 0 Å². The third kappa shape index (κ3) is 7.74. The lowest BCUT2D eigenvalue weighted by Gasteiger charge is -2.29. The zero-order valence-electron chi connectivity index (χ0n) is 29.3. The molecule has 1 aliphatic carbocycles. The van der Waals surface area contributed by atoms with Crippen molar-refractivity contribution in [3.05, 3.63) is 101 Å². The first-order chi connectivity index (χ1) is 23.1. The van der Waals surface area contributed by atoms with Crippen LogP contribution in [0.5, 0.6) is 0 Å². The van der Waals surface area contributed by atoms with Gasteiger partial charge >= 0.3 is 12.2 Å². The predicted molar refractivity (Wildman–Crippen MR) is 188 cm³/mol. The van der Waals surface area contributed by atoms with Gasteiger partial charge in [-0.05, 0) is 98.5 Å². The van der Waals surface area contributed by atoms with Gasteiger partial charge in [0.2, 0.25) is 0 Å². The Morgan fingerprint density at radius 1 is 1.02 bits per heavy atom. The average molecular weight is 668 g/mol. The largest absolute Gasteiger partial charge is 0.444 e. The number of aryl methyl sites for hydroxylation is 1. The van der Waals surface area contributed by atoms with Crippen LogP contribution in [-0.4, -0.2) is 51.2 Å². The van der Waals surface area contributed by atoms with E-state index in [2.05, 4.69) is 60.8 Å². The standard InChI is InChI=1S/C39H46FN5O4/c1-37(2,3)27-9-8-10-28(22-27)39(19-20-39)45-24-33(48-36(45)47)31(42-35(46)49-38(4,5)6)21-25-11-17-30(18-12-25)41-34-23-32(44(7)43-34)26-13-15-29(40)16-14-26/h8-18,22-23,31,33H,19-21,24H2,1-7H3,(H,41,43)(H,42,46)/t31-,33+/m0/s1. The Balaban J connectivity index is 1.18. The van der Waals surface area contributed by atoms with Crippen LogP contribution in [0.3, 0.4) is 0 Å². The van der Waals surface area contributed by atoms with Crippen LogP contribution in [0.2, 0.25) is 0 Å². The van der Waals surface area contributed by atoms with E-state index in [1.54, 1.807) is 16.8 Å². The lowest BCUT2D eigenvalue weighted by atomic mass is 9.85. The second-order valence-electron chi connectivity index (χ2n) is 15.2. The van der Waals surface area contributed by atoms with Crippen LogP contribution >= 0.6 is 0 Å².